The van der Waals surface area contributed by atoms with Gasteiger partial charge in [0.2, 0.25) is 0 Å². The van der Waals surface area contributed by atoms with Crippen LogP contribution in [0.1, 0.15) is 0 Å². The molecule has 82 valence electrons. The molecule has 2 N–H and O–H groups in total. The van der Waals surface area contributed by atoms with Crippen molar-refractivity contribution in [1.82, 2.24) is 10.0 Å². The molecule has 0 aromatic heterocycles. The Morgan fingerprint density at radius 2 is 1.08 bits per heavy atom. The van der Waals surface area contributed by atoms with Crippen LogP contribution in [0.25, 0.3) is 11.7 Å². The molecular weight excluding hydrogens is 259 g/mol. The van der Waals surface area contributed by atoms with Gasteiger partial charge in [0.25, 0.3) is 0 Å². The maximum atomic E-state index is 9.70. The molecule has 0 radical (unpaired) electrons. The molecule has 0 aliphatic rings. The topological polar surface area (TPSA) is 88.2 Å². The molecule has 0 saturated heterocycles. The first kappa shape index (κ1) is 18.6. The molecule has 0 saturated carbocycles. The molecule has 0 aromatic rings. The molecule has 13 heavy (non-hydrogen) atoms. The Balaban J connectivity index is -0.000000143. The van der Waals surface area contributed by atoms with Crippen molar-refractivity contribution >= 4 is 35.7 Å². The van der Waals surface area contributed by atoms with Crippen LogP contribution in [0.15, 0.2) is 0 Å². The maximum Gasteiger partial charge on any atom is 0.0831 e. The van der Waals surface area contributed by atoms with E-state index in [2.05, 4.69) is 25.3 Å². The van der Waals surface area contributed by atoms with Gasteiger partial charge in [0.15, 0.2) is 0 Å². The van der Waals surface area contributed by atoms with E-state index in [1.807, 2.05) is 0 Å². The normalized spacial score (nSPS) is 7.08. The van der Waals surface area contributed by atoms with E-state index in [0.29, 0.717) is 10.0 Å². The quantitative estimate of drug-likeness (QED) is 0.373. The van der Waals surface area contributed by atoms with E-state index in [1.165, 1.54) is 14.1 Å². The van der Waals surface area contributed by atoms with Crippen LogP contribution in [0.2, 0.25) is 0 Å². The number of carbonyl (C=O) groups excluding carboxylic acids is 2. The van der Waals surface area contributed by atoms with Crippen molar-refractivity contribution in [1.29, 1.82) is 0 Å². The van der Waals surface area contributed by atoms with Crippen LogP contribution < -0.4 is 0 Å². The van der Waals surface area contributed by atoms with Gasteiger partial charge in [-0.25, -0.2) is 0 Å². The minimum Gasteiger partial charge on any atom is -0.720 e. The summed E-state index contributed by atoms with van der Waals surface area (Å²) in [6.07, 6.45) is 0. The molecule has 0 atom stereocenters. The van der Waals surface area contributed by atoms with Gasteiger partial charge in [-0.2, -0.15) is 0 Å². The average Bonchev–Trinajstić information content (AvgIpc) is 1.88. The van der Waals surface area contributed by atoms with Crippen molar-refractivity contribution in [2.24, 2.45) is 0 Å². The van der Waals surface area contributed by atoms with Crippen LogP contribution in [0.3, 0.4) is 0 Å². The largest absolute Gasteiger partial charge is 0.720 e. The van der Waals surface area contributed by atoms with Gasteiger partial charge < -0.3 is 56.5 Å². The summed E-state index contributed by atoms with van der Waals surface area (Å²) in [7, 11) is 2.57. The third kappa shape index (κ3) is 18.6. The Morgan fingerprint density at radius 1 is 1.00 bits per heavy atom. The van der Waals surface area contributed by atoms with E-state index in [0.717, 1.165) is 0 Å². The molecule has 0 aromatic carbocycles. The zero-order chi connectivity index (χ0) is 10.3. The van der Waals surface area contributed by atoms with E-state index >= 15 is 0 Å². The first-order chi connectivity index (χ1) is 5.29. The molecule has 0 rings (SSSR count). The molecule has 0 unspecified atom stereocenters. The van der Waals surface area contributed by atoms with E-state index in [4.69, 9.17) is 11.7 Å². The minimum atomic E-state index is -0.657. The number of nitrogens with one attached hydrogen (secondary N) is 2. The Hall–Kier alpha value is -0.206. The van der Waals surface area contributed by atoms with Crippen LogP contribution >= 0.6 is 0 Å². The first-order valence-electron chi connectivity index (χ1n) is 2.61. The van der Waals surface area contributed by atoms with Gasteiger partial charge in [0.05, 0.1) is 10.5 Å². The first-order valence-corrected chi connectivity index (χ1v) is 3.42. The van der Waals surface area contributed by atoms with Crippen LogP contribution in [-0.2, 0) is 41.7 Å². The second-order valence-electron chi connectivity index (χ2n) is 1.65. The number of amides is 2. The summed E-state index contributed by atoms with van der Waals surface area (Å²) < 4.78 is 0. The van der Waals surface area contributed by atoms with Gasteiger partial charge in [-0.1, -0.05) is 0 Å². The van der Waals surface area contributed by atoms with Crippen molar-refractivity contribution in [2.45, 2.75) is 0 Å². The summed E-state index contributed by atoms with van der Waals surface area (Å²) in [4.78, 5) is 19.4. The third-order valence-electron chi connectivity index (χ3n) is 0.548. The van der Waals surface area contributed by atoms with Gasteiger partial charge >= 0.3 is 0 Å². The molecule has 0 aliphatic heterocycles. The molecule has 0 bridgehead atoms. The smallest absolute Gasteiger partial charge is 0.0831 e. The number of nitrogens with zero attached hydrogens (tertiary/aromatic N) is 2. The van der Waals surface area contributed by atoms with Gasteiger partial charge in [-0.05, 0) is 14.1 Å². The number of carbonyl (C=O) groups is 2. The molecule has 0 spiro atoms. The Kier molecular flexibility index (Phi) is 14.1. The molecule has 0 aliphatic carbocycles. The van der Waals surface area contributed by atoms with Gasteiger partial charge in [-0.15, -0.1) is 0 Å². The molecule has 2 amide bonds. The van der Waals surface area contributed by atoms with Gasteiger partial charge in [-0.3, -0.25) is 0 Å². The van der Waals surface area contributed by atoms with Crippen LogP contribution in [0.5, 0.6) is 0 Å². The summed E-state index contributed by atoms with van der Waals surface area (Å²) in [5.41, 5.74) is 0. The summed E-state index contributed by atoms with van der Waals surface area (Å²) >= 11 is 8.00. The minimum absolute atomic E-state index is 0. The fourth-order valence-corrected chi connectivity index (χ4v) is 0. The van der Waals surface area contributed by atoms with Crippen molar-refractivity contribution < 1.29 is 26.1 Å². The van der Waals surface area contributed by atoms with E-state index in [-0.39, 0.29) is 16.5 Å². The fraction of sp³-hybridized carbons (Fsp3) is 0.500. The second-order valence-corrected chi connectivity index (χ2v) is 2.35. The summed E-state index contributed by atoms with van der Waals surface area (Å²) in [6.45, 7) is 0. The monoisotopic (exact) mass is 266 g/mol. The summed E-state index contributed by atoms with van der Waals surface area (Å²) in [5.74, 6) is 12.8. The zero-order valence-corrected chi connectivity index (χ0v) is 9.46. The predicted octanol–water partition coefficient (Wildman–Crippen LogP) is 1.10. The Bertz CT molecular complexity index is 148. The van der Waals surface area contributed by atoms with Gasteiger partial charge in [0, 0.05) is 16.5 Å². The van der Waals surface area contributed by atoms with E-state index in [9.17, 15) is 9.59 Å². The predicted molar refractivity (Wildman–Crippen MR) is 49.7 cm³/mol. The van der Waals surface area contributed by atoms with E-state index < -0.39 is 10.5 Å². The molecular formula is C4H8N4NiO2S2-4. The van der Waals surface area contributed by atoms with Crippen molar-refractivity contribution in [3.8, 4) is 0 Å². The Morgan fingerprint density at radius 3 is 1.08 bits per heavy atom. The summed E-state index contributed by atoms with van der Waals surface area (Å²) in [6, 6.07) is 0. The van der Waals surface area contributed by atoms with E-state index in [1.54, 1.807) is 0 Å². The maximum absolute atomic E-state index is 9.70. The Labute approximate surface area is 97.7 Å². The average molecular weight is 267 g/mol. The zero-order valence-electron chi connectivity index (χ0n) is 6.84. The molecule has 0 fully saturated rings. The molecule has 9 heteroatoms. The second kappa shape index (κ2) is 9.88. The molecule has 6 nitrogen and oxygen atoms in total. The van der Waals surface area contributed by atoms with Crippen LogP contribution in [0.4, 0.5) is 9.59 Å². The van der Waals surface area contributed by atoms with Gasteiger partial charge in [0.1, 0.15) is 0 Å². The standard InChI is InChI=1S/2C2H5N2OS.Ni/c2*1-4(3)2(5)6;/h2*3H,1H3,(H,5,6);/q2*-1;/p-2. The number of rotatable bonds is 0. The summed E-state index contributed by atoms with van der Waals surface area (Å²) in [5, 5.41) is -0.130. The SMILES string of the molecule is CN([NH-])C(=O)[S-].CN([NH-])C(=O)[S-].[Ni]. The number of hydrogen-bond donors (Lipinski definition) is 0. The number of hydrogen-bond acceptors (Lipinski definition) is 4. The van der Waals surface area contributed by atoms with Crippen molar-refractivity contribution in [3.63, 3.8) is 0 Å². The third-order valence-corrected chi connectivity index (χ3v) is 1.10. The van der Waals surface area contributed by atoms with Crippen molar-refractivity contribution in [3.05, 3.63) is 11.7 Å². The van der Waals surface area contributed by atoms with Crippen LogP contribution in [0, 0.1) is 0 Å². The fourth-order valence-electron chi connectivity index (χ4n) is 0. The molecule has 0 heterocycles. The van der Waals surface area contributed by atoms with Crippen molar-refractivity contribution in [2.75, 3.05) is 14.1 Å². The van der Waals surface area contributed by atoms with Crippen LogP contribution in [-0.4, -0.2) is 34.6 Å².